The molecular weight excluding hydrogens is 322 g/mol. The van der Waals surface area contributed by atoms with Gasteiger partial charge in [-0.2, -0.15) is 5.26 Å². The third kappa shape index (κ3) is 4.87. The number of carbonyl (C=O) groups is 1. The molecule has 0 radical (unpaired) electrons. The van der Waals surface area contributed by atoms with Gasteiger partial charge in [0.15, 0.2) is 0 Å². The van der Waals surface area contributed by atoms with Gasteiger partial charge in [0.2, 0.25) is 0 Å². The van der Waals surface area contributed by atoms with Crippen molar-refractivity contribution in [2.75, 3.05) is 0 Å². The van der Waals surface area contributed by atoms with Gasteiger partial charge in [-0.05, 0) is 74.5 Å². The standard InChI is InChI=1S/C23H31NO2/c1-2-4-17-7-9-19(10-8-17)20-11-13-21(14-12-20)23(25)26-22-6-3-5-18(15-22)16-24/h3,5-6,15,17,19-21H,2,4,7-14H2,1H3. The Hall–Kier alpha value is -1.82. The van der Waals surface area contributed by atoms with Crippen LogP contribution in [0.4, 0.5) is 0 Å². The van der Waals surface area contributed by atoms with Crippen LogP contribution in [0.3, 0.4) is 0 Å². The van der Waals surface area contributed by atoms with Crippen molar-refractivity contribution in [2.45, 2.75) is 71.1 Å². The average Bonchev–Trinajstić information content (AvgIpc) is 2.69. The lowest BCUT2D eigenvalue weighted by Crippen LogP contribution is -2.30. The minimum Gasteiger partial charge on any atom is -0.426 e. The van der Waals surface area contributed by atoms with E-state index < -0.39 is 0 Å². The molecule has 2 fully saturated rings. The van der Waals surface area contributed by atoms with Crippen molar-refractivity contribution in [2.24, 2.45) is 23.7 Å². The molecule has 0 aliphatic heterocycles. The Morgan fingerprint density at radius 1 is 1.08 bits per heavy atom. The quantitative estimate of drug-likeness (QED) is 0.491. The number of rotatable bonds is 5. The predicted molar refractivity (Wildman–Crippen MR) is 103 cm³/mol. The lowest BCUT2D eigenvalue weighted by atomic mass is 9.69. The van der Waals surface area contributed by atoms with Crippen molar-refractivity contribution >= 4 is 5.97 Å². The van der Waals surface area contributed by atoms with Gasteiger partial charge in [0.05, 0.1) is 17.6 Å². The zero-order chi connectivity index (χ0) is 18.4. The molecule has 0 unspecified atom stereocenters. The zero-order valence-electron chi connectivity index (χ0n) is 16.0. The van der Waals surface area contributed by atoms with Gasteiger partial charge in [-0.25, -0.2) is 0 Å². The minimum atomic E-state index is -0.120. The van der Waals surface area contributed by atoms with Gasteiger partial charge in [-0.15, -0.1) is 0 Å². The summed E-state index contributed by atoms with van der Waals surface area (Å²) in [6.45, 7) is 2.29. The molecule has 26 heavy (non-hydrogen) atoms. The van der Waals surface area contributed by atoms with Crippen LogP contribution in [0.15, 0.2) is 24.3 Å². The maximum atomic E-state index is 12.5. The van der Waals surface area contributed by atoms with E-state index in [0.717, 1.165) is 30.6 Å². The number of ether oxygens (including phenoxy) is 1. The first-order chi connectivity index (χ1) is 12.7. The first-order valence-corrected chi connectivity index (χ1v) is 10.4. The number of esters is 1. The van der Waals surface area contributed by atoms with Crippen LogP contribution in [-0.2, 0) is 4.79 Å². The van der Waals surface area contributed by atoms with E-state index in [1.807, 2.05) is 0 Å². The highest BCUT2D eigenvalue weighted by Gasteiger charge is 2.33. The molecule has 2 aliphatic carbocycles. The van der Waals surface area contributed by atoms with Crippen LogP contribution in [0.5, 0.6) is 5.75 Å². The Morgan fingerprint density at radius 3 is 2.35 bits per heavy atom. The normalized spacial score (nSPS) is 28.9. The number of nitriles is 1. The number of hydrogen-bond acceptors (Lipinski definition) is 3. The second-order valence-electron chi connectivity index (χ2n) is 8.24. The van der Waals surface area contributed by atoms with Gasteiger partial charge < -0.3 is 4.74 Å². The van der Waals surface area contributed by atoms with E-state index >= 15 is 0 Å². The second kappa shape index (κ2) is 9.21. The molecule has 0 saturated heterocycles. The van der Waals surface area contributed by atoms with Crippen molar-refractivity contribution in [3.8, 4) is 11.8 Å². The average molecular weight is 354 g/mol. The van der Waals surface area contributed by atoms with Gasteiger partial charge in [-0.1, -0.05) is 38.7 Å². The van der Waals surface area contributed by atoms with Crippen molar-refractivity contribution in [3.05, 3.63) is 29.8 Å². The monoisotopic (exact) mass is 353 g/mol. The summed E-state index contributed by atoms with van der Waals surface area (Å²) < 4.78 is 5.53. The predicted octanol–water partition coefficient (Wildman–Crippen LogP) is 5.88. The third-order valence-corrected chi connectivity index (χ3v) is 6.54. The maximum Gasteiger partial charge on any atom is 0.314 e. The summed E-state index contributed by atoms with van der Waals surface area (Å²) in [5, 5.41) is 8.95. The first-order valence-electron chi connectivity index (χ1n) is 10.4. The van der Waals surface area contributed by atoms with Gasteiger partial charge in [0.1, 0.15) is 5.75 Å². The smallest absolute Gasteiger partial charge is 0.314 e. The molecule has 0 bridgehead atoms. The highest BCUT2D eigenvalue weighted by atomic mass is 16.5. The second-order valence-corrected chi connectivity index (χ2v) is 8.24. The molecule has 0 atom stereocenters. The first kappa shape index (κ1) is 19.0. The van der Waals surface area contributed by atoms with Crippen molar-refractivity contribution in [3.63, 3.8) is 0 Å². The summed E-state index contributed by atoms with van der Waals surface area (Å²) in [6, 6.07) is 8.95. The van der Waals surface area contributed by atoms with Crippen LogP contribution in [0, 0.1) is 35.0 Å². The van der Waals surface area contributed by atoms with Crippen LogP contribution in [0.2, 0.25) is 0 Å². The molecule has 0 N–H and O–H groups in total. The molecule has 2 saturated carbocycles. The van der Waals surface area contributed by atoms with Gasteiger partial charge in [0.25, 0.3) is 0 Å². The highest BCUT2D eigenvalue weighted by molar-refractivity contribution is 5.75. The molecule has 3 heteroatoms. The van der Waals surface area contributed by atoms with E-state index in [2.05, 4.69) is 13.0 Å². The summed E-state index contributed by atoms with van der Waals surface area (Å²) in [5.74, 6) is 3.05. The van der Waals surface area contributed by atoms with Crippen LogP contribution < -0.4 is 4.74 Å². The number of hydrogen-bond donors (Lipinski definition) is 0. The molecule has 0 spiro atoms. The Morgan fingerprint density at radius 2 is 1.73 bits per heavy atom. The van der Waals surface area contributed by atoms with Crippen molar-refractivity contribution in [1.82, 2.24) is 0 Å². The van der Waals surface area contributed by atoms with E-state index in [9.17, 15) is 4.79 Å². The van der Waals surface area contributed by atoms with Crippen LogP contribution in [0.25, 0.3) is 0 Å². The van der Waals surface area contributed by atoms with Crippen LogP contribution in [0.1, 0.15) is 76.7 Å². The Bertz CT molecular complexity index is 632. The summed E-state index contributed by atoms with van der Waals surface area (Å²) in [5.41, 5.74) is 0.526. The number of benzene rings is 1. The lowest BCUT2D eigenvalue weighted by Gasteiger charge is -2.37. The van der Waals surface area contributed by atoms with Crippen molar-refractivity contribution in [1.29, 1.82) is 5.26 Å². The van der Waals surface area contributed by atoms with E-state index in [4.69, 9.17) is 10.00 Å². The fourth-order valence-electron chi connectivity index (χ4n) is 5.01. The summed E-state index contributed by atoms with van der Waals surface area (Å²) in [6.07, 6.45) is 12.6. The van der Waals surface area contributed by atoms with Crippen LogP contribution >= 0.6 is 0 Å². The Labute approximate surface area is 157 Å². The maximum absolute atomic E-state index is 12.5. The van der Waals surface area contributed by atoms with E-state index in [-0.39, 0.29) is 11.9 Å². The molecule has 0 aromatic heterocycles. The fraction of sp³-hybridized carbons (Fsp3) is 0.652. The molecule has 1 aromatic rings. The molecule has 0 heterocycles. The Balaban J connectivity index is 1.45. The van der Waals surface area contributed by atoms with Gasteiger partial charge >= 0.3 is 5.97 Å². The van der Waals surface area contributed by atoms with E-state index in [0.29, 0.717) is 11.3 Å². The molecule has 1 aromatic carbocycles. The molecule has 3 nitrogen and oxygen atoms in total. The fourth-order valence-corrected chi connectivity index (χ4v) is 5.01. The molecular formula is C23H31NO2. The molecule has 3 rings (SSSR count). The van der Waals surface area contributed by atoms with E-state index in [1.54, 1.807) is 24.3 Å². The molecule has 2 aliphatic rings. The molecule has 140 valence electrons. The molecule has 0 amide bonds. The highest BCUT2D eigenvalue weighted by Crippen LogP contribution is 2.42. The minimum absolute atomic E-state index is 0.0217. The van der Waals surface area contributed by atoms with Gasteiger partial charge in [0, 0.05) is 0 Å². The van der Waals surface area contributed by atoms with Crippen LogP contribution in [-0.4, -0.2) is 5.97 Å². The number of carbonyl (C=O) groups excluding carboxylic acids is 1. The largest absolute Gasteiger partial charge is 0.426 e. The van der Waals surface area contributed by atoms with Crippen molar-refractivity contribution < 1.29 is 9.53 Å². The zero-order valence-corrected chi connectivity index (χ0v) is 16.0. The summed E-state index contributed by atoms with van der Waals surface area (Å²) >= 11 is 0. The number of nitrogens with zero attached hydrogens (tertiary/aromatic N) is 1. The topological polar surface area (TPSA) is 50.1 Å². The summed E-state index contributed by atoms with van der Waals surface area (Å²) in [4.78, 5) is 12.5. The SMILES string of the molecule is CCCC1CCC(C2CCC(C(=O)Oc3cccc(C#N)c3)CC2)CC1. The van der Waals surface area contributed by atoms with Gasteiger partial charge in [-0.3, -0.25) is 4.79 Å². The van der Waals surface area contributed by atoms with E-state index in [1.165, 1.54) is 51.4 Å². The Kier molecular flexibility index (Phi) is 6.72. The summed E-state index contributed by atoms with van der Waals surface area (Å²) in [7, 11) is 0. The third-order valence-electron chi connectivity index (χ3n) is 6.54. The lowest BCUT2D eigenvalue weighted by molar-refractivity contribution is -0.140.